The molecule has 8 nitrogen and oxygen atoms in total. The highest BCUT2D eigenvalue weighted by Gasteiger charge is 2.28. The van der Waals surface area contributed by atoms with Gasteiger partial charge in [0, 0.05) is 13.2 Å². The van der Waals surface area contributed by atoms with E-state index in [-0.39, 0.29) is 24.6 Å². The third-order valence-corrected chi connectivity index (χ3v) is 8.85. The first-order valence-corrected chi connectivity index (χ1v) is 17.5. The van der Waals surface area contributed by atoms with Gasteiger partial charge in [-0.1, -0.05) is 67.1 Å². The Morgan fingerprint density at radius 1 is 0.875 bits per heavy atom. The topological polar surface area (TPSA) is 83.5 Å². The van der Waals surface area contributed by atoms with Crippen LogP contribution in [0.1, 0.15) is 99.7 Å². The number of amides is 1. The molecule has 1 saturated carbocycles. The molecule has 1 aliphatic heterocycles. The number of carbonyl (C=O) groups is 2. The average molecular weight is 658 g/mol. The summed E-state index contributed by atoms with van der Waals surface area (Å²) >= 11 is 0. The Balaban J connectivity index is 1.31. The lowest BCUT2D eigenvalue weighted by Crippen LogP contribution is -2.41. The maximum Gasteiger partial charge on any atom is 0.410 e. The fourth-order valence-corrected chi connectivity index (χ4v) is 6.25. The number of nitrogens with zero attached hydrogens (tertiary/aromatic N) is 1. The Bertz CT molecular complexity index is 1460. The number of ether oxygens (including phenoxy) is 5. The molecule has 0 radical (unpaired) electrons. The van der Waals surface area contributed by atoms with E-state index in [4.69, 9.17) is 23.7 Å². The van der Waals surface area contributed by atoms with Crippen LogP contribution in [0.25, 0.3) is 11.1 Å². The maximum atomic E-state index is 13.5. The summed E-state index contributed by atoms with van der Waals surface area (Å²) in [7, 11) is 1.39. The SMILES string of the molecule is COC(=O)c1ccc(-c2ccc(CCN(C[C@H](OC3CCCCO3)c3ccccc3)C(=O)OC(C)(C)C)cc2)cc1OC1CCCCC1. The van der Waals surface area contributed by atoms with Gasteiger partial charge in [-0.15, -0.1) is 0 Å². The van der Waals surface area contributed by atoms with Crippen LogP contribution in [0.2, 0.25) is 0 Å². The van der Waals surface area contributed by atoms with E-state index in [9.17, 15) is 9.59 Å². The van der Waals surface area contributed by atoms with Crippen molar-refractivity contribution in [3.05, 3.63) is 89.5 Å². The molecule has 0 aromatic heterocycles. The second-order valence-corrected chi connectivity index (χ2v) is 13.8. The molecule has 0 spiro atoms. The monoisotopic (exact) mass is 657 g/mol. The fourth-order valence-electron chi connectivity index (χ4n) is 6.25. The second-order valence-electron chi connectivity index (χ2n) is 13.8. The average Bonchev–Trinajstić information content (AvgIpc) is 3.10. The number of carbonyl (C=O) groups excluding carboxylic acids is 2. The first kappa shape index (κ1) is 35.4. The van der Waals surface area contributed by atoms with Crippen molar-refractivity contribution < 1.29 is 33.3 Å². The van der Waals surface area contributed by atoms with Crippen LogP contribution in [0, 0.1) is 0 Å². The van der Waals surface area contributed by atoms with Gasteiger partial charge in [-0.05, 0) is 107 Å². The van der Waals surface area contributed by atoms with E-state index < -0.39 is 11.6 Å². The smallest absolute Gasteiger partial charge is 0.410 e. The summed E-state index contributed by atoms with van der Waals surface area (Å²) in [4.78, 5) is 27.8. The zero-order valence-corrected chi connectivity index (χ0v) is 29.0. The van der Waals surface area contributed by atoms with E-state index in [0.29, 0.717) is 37.4 Å². The largest absolute Gasteiger partial charge is 0.490 e. The van der Waals surface area contributed by atoms with Gasteiger partial charge in [0.05, 0.1) is 19.8 Å². The molecular weight excluding hydrogens is 606 g/mol. The third-order valence-electron chi connectivity index (χ3n) is 8.85. The summed E-state index contributed by atoms with van der Waals surface area (Å²) in [5, 5.41) is 0. The van der Waals surface area contributed by atoms with Crippen LogP contribution >= 0.6 is 0 Å². The van der Waals surface area contributed by atoms with Gasteiger partial charge in [-0.25, -0.2) is 9.59 Å². The summed E-state index contributed by atoms with van der Waals surface area (Å²) in [6, 6.07) is 24.0. The Hall–Kier alpha value is -3.88. The number of rotatable bonds is 12. The molecule has 5 rings (SSSR count). The number of esters is 1. The first-order valence-electron chi connectivity index (χ1n) is 17.5. The van der Waals surface area contributed by atoms with Gasteiger partial charge in [0.25, 0.3) is 0 Å². The molecule has 2 fully saturated rings. The lowest BCUT2D eigenvalue weighted by Gasteiger charge is -2.33. The highest BCUT2D eigenvalue weighted by Crippen LogP contribution is 2.32. The molecule has 8 heteroatoms. The van der Waals surface area contributed by atoms with Crippen LogP contribution < -0.4 is 4.74 Å². The van der Waals surface area contributed by atoms with Crippen molar-refractivity contribution in [2.75, 3.05) is 26.8 Å². The number of hydrogen-bond acceptors (Lipinski definition) is 7. The van der Waals surface area contributed by atoms with Crippen molar-refractivity contribution in [2.45, 2.75) is 103 Å². The second kappa shape index (κ2) is 17.0. The minimum atomic E-state index is -0.629. The molecule has 1 aliphatic carbocycles. The van der Waals surface area contributed by atoms with E-state index in [1.807, 2.05) is 63.2 Å². The molecule has 2 atom stereocenters. The number of hydrogen-bond donors (Lipinski definition) is 0. The van der Waals surface area contributed by atoms with Crippen LogP contribution in [0.4, 0.5) is 4.79 Å². The molecule has 0 bridgehead atoms. The summed E-state index contributed by atoms with van der Waals surface area (Å²) < 4.78 is 29.6. The summed E-state index contributed by atoms with van der Waals surface area (Å²) in [6.45, 7) is 7.12. The summed E-state index contributed by atoms with van der Waals surface area (Å²) in [6.07, 6.45) is 8.13. The van der Waals surface area contributed by atoms with Crippen molar-refractivity contribution in [1.29, 1.82) is 0 Å². The fraction of sp³-hybridized carbons (Fsp3) is 0.500. The van der Waals surface area contributed by atoms with Crippen LogP contribution in [0.15, 0.2) is 72.8 Å². The minimum absolute atomic E-state index is 0.106. The lowest BCUT2D eigenvalue weighted by molar-refractivity contribution is -0.192. The highest BCUT2D eigenvalue weighted by atomic mass is 16.7. The van der Waals surface area contributed by atoms with E-state index in [0.717, 1.165) is 67.2 Å². The predicted molar refractivity (Wildman–Crippen MR) is 186 cm³/mol. The Labute approximate surface area is 285 Å². The lowest BCUT2D eigenvalue weighted by atomic mass is 9.97. The molecule has 2 aliphatic rings. The zero-order valence-electron chi connectivity index (χ0n) is 29.0. The molecule has 258 valence electrons. The van der Waals surface area contributed by atoms with E-state index >= 15 is 0 Å². The number of methoxy groups -OCH3 is 1. The molecule has 1 saturated heterocycles. The summed E-state index contributed by atoms with van der Waals surface area (Å²) in [5.41, 5.74) is 3.87. The van der Waals surface area contributed by atoms with Crippen molar-refractivity contribution in [3.8, 4) is 16.9 Å². The van der Waals surface area contributed by atoms with Crippen molar-refractivity contribution in [1.82, 2.24) is 4.90 Å². The van der Waals surface area contributed by atoms with Crippen LogP contribution in [0.5, 0.6) is 5.75 Å². The van der Waals surface area contributed by atoms with Crippen LogP contribution in [0.3, 0.4) is 0 Å². The van der Waals surface area contributed by atoms with Gasteiger partial charge in [0.2, 0.25) is 0 Å². The van der Waals surface area contributed by atoms with Gasteiger partial charge >= 0.3 is 12.1 Å². The van der Waals surface area contributed by atoms with Crippen molar-refractivity contribution in [3.63, 3.8) is 0 Å². The van der Waals surface area contributed by atoms with Gasteiger partial charge in [0.1, 0.15) is 23.0 Å². The van der Waals surface area contributed by atoms with Crippen LogP contribution in [-0.2, 0) is 25.4 Å². The first-order chi connectivity index (χ1) is 23.2. The zero-order chi connectivity index (χ0) is 33.9. The quantitative estimate of drug-likeness (QED) is 0.180. The number of benzene rings is 3. The Morgan fingerprint density at radius 2 is 1.58 bits per heavy atom. The van der Waals surface area contributed by atoms with Crippen molar-refractivity contribution >= 4 is 12.1 Å². The Kier molecular flexibility index (Phi) is 12.5. The van der Waals surface area contributed by atoms with Gasteiger partial charge in [0.15, 0.2) is 6.29 Å². The third kappa shape index (κ3) is 10.3. The standard InChI is InChI=1S/C40H51NO7/c1-40(2,3)48-39(43)41(28-36(31-13-7-5-8-14-31)47-37-17-11-12-26-45-37)25-24-29-18-20-30(21-19-29)32-22-23-34(38(42)44-4)35(27-32)46-33-15-9-6-10-16-33/h5,7-8,13-14,18-23,27,33,36-37H,6,9-12,15-17,24-26,28H2,1-4H3/t36-,37?/m0/s1. The Morgan fingerprint density at radius 3 is 2.25 bits per heavy atom. The van der Waals surface area contributed by atoms with E-state index in [1.165, 1.54) is 13.5 Å². The molecule has 1 heterocycles. The maximum absolute atomic E-state index is 13.5. The molecule has 0 N–H and O–H groups in total. The normalized spacial score (nSPS) is 17.7. The molecule has 3 aromatic rings. The van der Waals surface area contributed by atoms with Crippen LogP contribution in [-0.4, -0.2) is 61.8 Å². The minimum Gasteiger partial charge on any atom is -0.490 e. The molecule has 1 amide bonds. The molecule has 48 heavy (non-hydrogen) atoms. The molecule has 1 unspecified atom stereocenters. The van der Waals surface area contributed by atoms with E-state index in [2.05, 4.69) is 24.3 Å². The summed E-state index contributed by atoms with van der Waals surface area (Å²) in [5.74, 6) is 0.167. The highest BCUT2D eigenvalue weighted by molar-refractivity contribution is 5.93. The van der Waals surface area contributed by atoms with E-state index in [1.54, 1.807) is 11.0 Å². The van der Waals surface area contributed by atoms with Crippen molar-refractivity contribution in [2.24, 2.45) is 0 Å². The van der Waals surface area contributed by atoms with Gasteiger partial charge in [-0.2, -0.15) is 0 Å². The molecular formula is C40H51NO7. The predicted octanol–water partition coefficient (Wildman–Crippen LogP) is 8.92. The van der Waals surface area contributed by atoms with Gasteiger partial charge < -0.3 is 28.6 Å². The molecule has 3 aromatic carbocycles. The van der Waals surface area contributed by atoms with Gasteiger partial charge in [-0.3, -0.25) is 0 Å².